The van der Waals surface area contributed by atoms with Gasteiger partial charge in [-0.25, -0.2) is 0 Å². The van der Waals surface area contributed by atoms with E-state index in [4.69, 9.17) is 5.73 Å². The van der Waals surface area contributed by atoms with Crippen LogP contribution in [-0.2, 0) is 25.6 Å². The molecular weight excluding hydrogens is 462 g/mol. The summed E-state index contributed by atoms with van der Waals surface area (Å²) >= 11 is 0. The summed E-state index contributed by atoms with van der Waals surface area (Å²) in [6, 6.07) is 15.6. The third-order valence-electron chi connectivity index (χ3n) is 5.19. The zero-order chi connectivity index (χ0) is 26.5. The van der Waals surface area contributed by atoms with Crippen molar-refractivity contribution in [3.63, 3.8) is 0 Å². The van der Waals surface area contributed by atoms with Crippen molar-refractivity contribution in [2.24, 2.45) is 11.7 Å². The molecule has 2 aromatic rings. The van der Waals surface area contributed by atoms with E-state index >= 15 is 0 Å². The molecule has 192 valence electrons. The third kappa shape index (κ3) is 9.96. The zero-order valence-electron chi connectivity index (χ0n) is 20.5. The number of nitrogens with two attached hydrogens (primary N) is 1. The second kappa shape index (κ2) is 14.2. The Morgan fingerprint density at radius 2 is 1.28 bits per heavy atom. The second-order valence-corrected chi connectivity index (χ2v) is 8.73. The van der Waals surface area contributed by atoms with Crippen molar-refractivity contribution in [3.05, 3.63) is 71.8 Å². The number of carbonyl (C=O) groups is 5. The zero-order valence-corrected chi connectivity index (χ0v) is 20.5. The molecule has 0 saturated carbocycles. The van der Waals surface area contributed by atoms with Gasteiger partial charge < -0.3 is 27.0 Å². The van der Waals surface area contributed by atoms with Crippen molar-refractivity contribution in [2.75, 3.05) is 13.1 Å². The molecule has 0 fully saturated rings. The minimum Gasteiger partial charge on any atom is -0.368 e. The standard InChI is InChI=1S/C26H33N5O5/c1-17(2)13-20(24(27)34)30-22(32)16-29-26(36)21(14-18-9-5-3-6-10-18)31-23(33)15-28-25(35)19-11-7-4-8-12-19/h3-12,17,20-21H,13-16H2,1-2H3,(H2,27,34)(H,28,35)(H,29,36)(H,30,32)(H,31,33)/t20-,21-/m0/s1. The van der Waals surface area contributed by atoms with E-state index in [-0.39, 0.29) is 18.9 Å². The van der Waals surface area contributed by atoms with Gasteiger partial charge in [0, 0.05) is 12.0 Å². The van der Waals surface area contributed by atoms with E-state index in [9.17, 15) is 24.0 Å². The maximum Gasteiger partial charge on any atom is 0.251 e. The minimum absolute atomic E-state index is 0.130. The smallest absolute Gasteiger partial charge is 0.251 e. The predicted octanol–water partition coefficient (Wildman–Crippen LogP) is 0.276. The normalized spacial score (nSPS) is 12.2. The van der Waals surface area contributed by atoms with E-state index < -0.39 is 48.2 Å². The molecule has 0 radical (unpaired) electrons. The molecule has 6 N–H and O–H groups in total. The molecule has 2 rings (SSSR count). The van der Waals surface area contributed by atoms with Crippen LogP contribution in [0.25, 0.3) is 0 Å². The van der Waals surface area contributed by atoms with Crippen molar-refractivity contribution < 1.29 is 24.0 Å². The summed E-state index contributed by atoms with van der Waals surface area (Å²) in [6.45, 7) is 3.06. The average Bonchev–Trinajstić information content (AvgIpc) is 2.85. The fourth-order valence-corrected chi connectivity index (χ4v) is 3.41. The number of primary amides is 1. The van der Waals surface area contributed by atoms with Crippen molar-refractivity contribution in [1.82, 2.24) is 21.3 Å². The second-order valence-electron chi connectivity index (χ2n) is 8.73. The molecule has 2 aromatic carbocycles. The van der Waals surface area contributed by atoms with Gasteiger partial charge in [-0.2, -0.15) is 0 Å². The minimum atomic E-state index is -0.996. The fraction of sp³-hybridized carbons (Fsp3) is 0.346. The van der Waals surface area contributed by atoms with E-state index in [1.54, 1.807) is 54.6 Å². The van der Waals surface area contributed by atoms with Gasteiger partial charge in [-0.05, 0) is 30.0 Å². The molecule has 2 atom stereocenters. The first kappa shape index (κ1) is 28.0. The molecule has 0 unspecified atom stereocenters. The number of rotatable bonds is 13. The lowest BCUT2D eigenvalue weighted by Crippen LogP contribution is -2.53. The van der Waals surface area contributed by atoms with Gasteiger partial charge in [0.25, 0.3) is 5.91 Å². The van der Waals surface area contributed by atoms with Crippen molar-refractivity contribution in [1.29, 1.82) is 0 Å². The highest BCUT2D eigenvalue weighted by Crippen LogP contribution is 2.05. The van der Waals surface area contributed by atoms with Gasteiger partial charge in [0.05, 0.1) is 13.1 Å². The highest BCUT2D eigenvalue weighted by molar-refractivity contribution is 5.97. The van der Waals surface area contributed by atoms with Crippen molar-refractivity contribution >= 4 is 29.5 Å². The Balaban J connectivity index is 1.96. The molecule has 0 bridgehead atoms. The topological polar surface area (TPSA) is 159 Å². The number of amides is 5. The van der Waals surface area contributed by atoms with Gasteiger partial charge in [0.15, 0.2) is 0 Å². The van der Waals surface area contributed by atoms with Crippen molar-refractivity contribution in [2.45, 2.75) is 38.8 Å². The van der Waals surface area contributed by atoms with Crippen LogP contribution in [0.2, 0.25) is 0 Å². The Bertz CT molecular complexity index is 1040. The molecule has 0 spiro atoms. The van der Waals surface area contributed by atoms with E-state index in [1.807, 2.05) is 19.9 Å². The van der Waals surface area contributed by atoms with Gasteiger partial charge in [-0.15, -0.1) is 0 Å². The van der Waals surface area contributed by atoms with Gasteiger partial charge in [-0.1, -0.05) is 62.4 Å². The van der Waals surface area contributed by atoms with Crippen LogP contribution >= 0.6 is 0 Å². The molecule has 0 aliphatic carbocycles. The summed E-state index contributed by atoms with van der Waals surface area (Å²) in [5.74, 6) is -2.67. The lowest BCUT2D eigenvalue weighted by atomic mass is 10.0. The largest absolute Gasteiger partial charge is 0.368 e. The Morgan fingerprint density at radius 1 is 0.750 bits per heavy atom. The molecule has 10 nitrogen and oxygen atoms in total. The van der Waals surface area contributed by atoms with Gasteiger partial charge in [0.2, 0.25) is 23.6 Å². The molecule has 0 aromatic heterocycles. The van der Waals surface area contributed by atoms with Crippen LogP contribution in [-0.4, -0.2) is 54.7 Å². The fourth-order valence-electron chi connectivity index (χ4n) is 3.41. The Kier molecular flexibility index (Phi) is 11.1. The highest BCUT2D eigenvalue weighted by Gasteiger charge is 2.24. The third-order valence-corrected chi connectivity index (χ3v) is 5.19. The Morgan fingerprint density at radius 3 is 1.83 bits per heavy atom. The maximum absolute atomic E-state index is 12.9. The molecule has 0 saturated heterocycles. The van der Waals surface area contributed by atoms with Crippen LogP contribution in [0.1, 0.15) is 36.2 Å². The predicted molar refractivity (Wildman–Crippen MR) is 134 cm³/mol. The summed E-state index contributed by atoms with van der Waals surface area (Å²) < 4.78 is 0. The van der Waals surface area contributed by atoms with E-state index in [2.05, 4.69) is 21.3 Å². The maximum atomic E-state index is 12.9. The monoisotopic (exact) mass is 495 g/mol. The van der Waals surface area contributed by atoms with Gasteiger partial charge in [0.1, 0.15) is 12.1 Å². The summed E-state index contributed by atoms with van der Waals surface area (Å²) in [4.78, 5) is 61.4. The molecule has 0 aliphatic rings. The van der Waals surface area contributed by atoms with Gasteiger partial charge >= 0.3 is 0 Å². The number of benzene rings is 2. The molecular formula is C26H33N5O5. The first-order valence-corrected chi connectivity index (χ1v) is 11.7. The SMILES string of the molecule is CC(C)C[C@H](NC(=O)CNC(=O)[C@H](Cc1ccccc1)NC(=O)CNC(=O)c1ccccc1)C(N)=O. The summed E-state index contributed by atoms with van der Waals surface area (Å²) in [5, 5.41) is 10.1. The summed E-state index contributed by atoms with van der Waals surface area (Å²) in [5.41, 5.74) is 6.54. The lowest BCUT2D eigenvalue weighted by molar-refractivity contribution is -0.131. The van der Waals surface area contributed by atoms with Gasteiger partial charge in [-0.3, -0.25) is 24.0 Å². The first-order valence-electron chi connectivity index (χ1n) is 11.7. The first-order chi connectivity index (χ1) is 17.2. The Hall–Kier alpha value is -4.21. The van der Waals surface area contributed by atoms with Crippen LogP contribution in [0.5, 0.6) is 0 Å². The Labute approximate surface area is 210 Å². The van der Waals surface area contributed by atoms with Crippen LogP contribution in [0.4, 0.5) is 0 Å². The number of hydrogen-bond donors (Lipinski definition) is 5. The van der Waals surface area contributed by atoms with Crippen LogP contribution in [0.3, 0.4) is 0 Å². The molecule has 0 aliphatic heterocycles. The average molecular weight is 496 g/mol. The molecule has 36 heavy (non-hydrogen) atoms. The number of carbonyl (C=O) groups excluding carboxylic acids is 5. The van der Waals surface area contributed by atoms with Crippen LogP contribution in [0.15, 0.2) is 60.7 Å². The summed E-state index contributed by atoms with van der Waals surface area (Å²) in [6.07, 6.45) is 0.542. The van der Waals surface area contributed by atoms with E-state index in [0.29, 0.717) is 12.0 Å². The molecule has 0 heterocycles. The molecule has 10 heteroatoms. The van der Waals surface area contributed by atoms with E-state index in [1.165, 1.54) is 0 Å². The van der Waals surface area contributed by atoms with Crippen LogP contribution in [0, 0.1) is 5.92 Å². The summed E-state index contributed by atoms with van der Waals surface area (Å²) in [7, 11) is 0. The van der Waals surface area contributed by atoms with Crippen molar-refractivity contribution in [3.8, 4) is 0 Å². The number of nitrogens with one attached hydrogen (secondary N) is 4. The number of hydrogen-bond acceptors (Lipinski definition) is 5. The van der Waals surface area contributed by atoms with Crippen LogP contribution < -0.4 is 27.0 Å². The molecule has 5 amide bonds. The highest BCUT2D eigenvalue weighted by atomic mass is 16.2. The van der Waals surface area contributed by atoms with E-state index in [0.717, 1.165) is 5.56 Å². The lowest BCUT2D eigenvalue weighted by Gasteiger charge is -2.20. The quantitative estimate of drug-likeness (QED) is 0.269.